The highest BCUT2D eigenvalue weighted by molar-refractivity contribution is 6.18. The van der Waals surface area contributed by atoms with Crippen molar-refractivity contribution in [1.29, 1.82) is 5.41 Å². The van der Waals surface area contributed by atoms with Crippen molar-refractivity contribution in [3.8, 4) is 5.75 Å². The van der Waals surface area contributed by atoms with Gasteiger partial charge in [0.1, 0.15) is 17.2 Å². The van der Waals surface area contributed by atoms with Crippen LogP contribution in [0, 0.1) is 5.41 Å². The summed E-state index contributed by atoms with van der Waals surface area (Å²) in [6.45, 7) is 9.34. The molecule has 11 heteroatoms. The molecule has 4 heterocycles. The molecule has 2 aromatic rings. The zero-order valence-corrected chi connectivity index (χ0v) is 21.9. The number of H-pyrrole nitrogens is 1. The van der Waals surface area contributed by atoms with Gasteiger partial charge in [0, 0.05) is 75.6 Å². The molecular formula is C27H34N8O3. The first-order chi connectivity index (χ1) is 18.2. The van der Waals surface area contributed by atoms with Crippen molar-refractivity contribution in [1.82, 2.24) is 20.2 Å². The average Bonchev–Trinajstić information content (AvgIpc) is 3.52. The number of hydrogen-bond acceptors (Lipinski definition) is 9. The van der Waals surface area contributed by atoms with Gasteiger partial charge in [0.25, 0.3) is 5.91 Å². The molecule has 1 aromatic carbocycles. The van der Waals surface area contributed by atoms with Crippen LogP contribution in [0.2, 0.25) is 0 Å². The highest BCUT2D eigenvalue weighted by Gasteiger charge is 2.47. The van der Waals surface area contributed by atoms with E-state index in [1.54, 1.807) is 38.7 Å². The monoisotopic (exact) mass is 518 g/mol. The van der Waals surface area contributed by atoms with Gasteiger partial charge in [0.2, 0.25) is 0 Å². The molecule has 1 saturated heterocycles. The van der Waals surface area contributed by atoms with E-state index in [0.29, 0.717) is 23.7 Å². The lowest BCUT2D eigenvalue weighted by molar-refractivity contribution is -0.112. The summed E-state index contributed by atoms with van der Waals surface area (Å²) in [6, 6.07) is 3.89. The van der Waals surface area contributed by atoms with Gasteiger partial charge in [-0.15, -0.1) is 0 Å². The molecule has 0 spiro atoms. The summed E-state index contributed by atoms with van der Waals surface area (Å²) >= 11 is 0. The summed E-state index contributed by atoms with van der Waals surface area (Å²) in [7, 11) is 0. The fourth-order valence-corrected chi connectivity index (χ4v) is 4.85. The maximum Gasteiger partial charge on any atom is 0.261 e. The third-order valence-corrected chi connectivity index (χ3v) is 7.49. The number of aliphatic imine (C=N–C) groups is 1. The number of hydrogen-bond donors (Lipinski definition) is 5. The molecular weight excluding hydrogens is 484 g/mol. The number of carbonyl (C=O) groups excluding carboxylic acids is 1. The summed E-state index contributed by atoms with van der Waals surface area (Å²) < 4.78 is 6.31. The second-order valence-electron chi connectivity index (χ2n) is 10.5. The highest BCUT2D eigenvalue weighted by Crippen LogP contribution is 2.45. The predicted molar refractivity (Wildman–Crippen MR) is 147 cm³/mol. The Labute approximate surface area is 221 Å². The first kappa shape index (κ1) is 25.7. The third-order valence-electron chi connectivity index (χ3n) is 7.49. The van der Waals surface area contributed by atoms with Gasteiger partial charge in [-0.2, -0.15) is 0 Å². The molecule has 38 heavy (non-hydrogen) atoms. The van der Waals surface area contributed by atoms with Gasteiger partial charge < -0.3 is 35.8 Å². The summed E-state index contributed by atoms with van der Waals surface area (Å²) in [4.78, 5) is 29.4. The number of nitrogens with one attached hydrogen (secondary N) is 4. The van der Waals surface area contributed by atoms with Crippen LogP contribution in [0.25, 0.3) is 0 Å². The molecule has 3 aliphatic heterocycles. The van der Waals surface area contributed by atoms with Crippen LogP contribution in [0.3, 0.4) is 0 Å². The number of aromatic amines is 1. The lowest BCUT2D eigenvalue weighted by atomic mass is 9.84. The van der Waals surface area contributed by atoms with Crippen molar-refractivity contribution in [2.75, 3.05) is 36.4 Å². The molecule has 3 aliphatic rings. The molecule has 1 amide bonds. The van der Waals surface area contributed by atoms with Crippen LogP contribution < -0.4 is 20.3 Å². The molecule has 200 valence electrons. The molecule has 0 bridgehead atoms. The van der Waals surface area contributed by atoms with Crippen LogP contribution in [0.1, 0.15) is 32.0 Å². The van der Waals surface area contributed by atoms with Gasteiger partial charge in [-0.05, 0) is 32.9 Å². The smallest absolute Gasteiger partial charge is 0.261 e. The second-order valence-corrected chi connectivity index (χ2v) is 10.5. The van der Waals surface area contributed by atoms with Crippen LogP contribution >= 0.6 is 0 Å². The normalized spacial score (nSPS) is 22.5. The van der Waals surface area contributed by atoms with Crippen molar-refractivity contribution in [3.63, 3.8) is 0 Å². The Morgan fingerprint density at radius 1 is 1.32 bits per heavy atom. The Hall–Kier alpha value is -3.96. The highest BCUT2D eigenvalue weighted by atomic mass is 16.5. The number of aromatic nitrogens is 2. The molecule has 1 aromatic heterocycles. The van der Waals surface area contributed by atoms with Gasteiger partial charge >= 0.3 is 0 Å². The Morgan fingerprint density at radius 3 is 2.74 bits per heavy atom. The van der Waals surface area contributed by atoms with Gasteiger partial charge in [-0.1, -0.05) is 0 Å². The molecule has 11 nitrogen and oxygen atoms in total. The fraction of sp³-hybridized carbons (Fsp3) is 0.407. The lowest BCUT2D eigenvalue weighted by Crippen LogP contribution is -2.51. The quantitative estimate of drug-likeness (QED) is 0.279. The van der Waals surface area contributed by atoms with Crippen LogP contribution in [-0.4, -0.2) is 75.7 Å². The third kappa shape index (κ3) is 5.07. The molecule has 5 N–H and O–H groups in total. The predicted octanol–water partition coefficient (Wildman–Crippen LogP) is 2.18. The number of amides is 1. The lowest BCUT2D eigenvalue weighted by Gasteiger charge is -2.37. The number of rotatable bonds is 7. The number of fused-ring (bicyclic) bond motifs is 1. The number of allylic oxidation sites excluding steroid dienone is 1. The minimum atomic E-state index is -1.07. The topological polar surface area (TPSA) is 142 Å². The number of nitrogens with zero attached hydrogens (tertiary/aromatic N) is 4. The van der Waals surface area contributed by atoms with Crippen molar-refractivity contribution < 1.29 is 14.6 Å². The van der Waals surface area contributed by atoms with Gasteiger partial charge in [0.15, 0.2) is 0 Å². The Bertz CT molecular complexity index is 1300. The van der Waals surface area contributed by atoms with E-state index in [2.05, 4.69) is 35.4 Å². The van der Waals surface area contributed by atoms with Crippen molar-refractivity contribution >= 4 is 29.7 Å². The molecule has 1 fully saturated rings. The number of carbonyl (C=O) groups is 1. The average molecular weight is 519 g/mol. The van der Waals surface area contributed by atoms with E-state index in [1.165, 1.54) is 0 Å². The van der Waals surface area contributed by atoms with Crippen molar-refractivity contribution in [2.45, 2.75) is 44.9 Å². The molecule has 0 aliphatic carbocycles. The number of anilines is 2. The summed E-state index contributed by atoms with van der Waals surface area (Å²) in [6.07, 6.45) is 10.1. The molecule has 0 unspecified atom stereocenters. The van der Waals surface area contributed by atoms with Crippen LogP contribution in [0.15, 0.2) is 53.3 Å². The minimum Gasteiger partial charge on any atom is -0.484 e. The number of piperazine rings is 1. The Morgan fingerprint density at radius 2 is 2.11 bits per heavy atom. The zero-order chi connectivity index (χ0) is 26.9. The summed E-state index contributed by atoms with van der Waals surface area (Å²) in [5.41, 5.74) is 1.64. The standard InChI is InChI=1S/C27H34N8O3/c1-26(2,37)27(3)13-18-11-21(33-25(36)20(14-28)24-30-5-4-6-31-24)22(12-23(18)38-27)35-9-7-34(8-10-35)16-19-15-29-17-32-19/h4-6,11-12,14-15,17,28,30,37H,7-10,13,16H2,1-3H3,(H,29,32)(H,33,36)/b24-20-,28-14?/t27-/m1/s1. The molecule has 1 atom stereocenters. The molecule has 0 saturated carbocycles. The Balaban J connectivity index is 1.43. The first-order valence-electron chi connectivity index (χ1n) is 12.7. The molecule has 5 rings (SSSR count). The maximum absolute atomic E-state index is 13.3. The van der Waals surface area contributed by atoms with E-state index in [9.17, 15) is 9.90 Å². The van der Waals surface area contributed by atoms with Gasteiger partial charge in [-0.3, -0.25) is 9.69 Å². The summed E-state index contributed by atoms with van der Waals surface area (Å²) in [5, 5.41) is 24.6. The van der Waals surface area contributed by atoms with E-state index >= 15 is 0 Å². The number of ether oxygens (including phenoxy) is 1. The zero-order valence-electron chi connectivity index (χ0n) is 21.9. The number of aliphatic hydroxyl groups is 1. The largest absolute Gasteiger partial charge is 0.484 e. The maximum atomic E-state index is 13.3. The number of imidazole rings is 1. The van der Waals surface area contributed by atoms with Crippen molar-refractivity contribution in [2.24, 2.45) is 4.99 Å². The summed E-state index contributed by atoms with van der Waals surface area (Å²) in [5.74, 6) is 0.584. The second kappa shape index (κ2) is 10.1. The van der Waals surface area contributed by atoms with E-state index in [4.69, 9.17) is 10.1 Å². The van der Waals surface area contributed by atoms with Crippen LogP contribution in [-0.2, 0) is 17.8 Å². The van der Waals surface area contributed by atoms with Gasteiger partial charge in [-0.25, -0.2) is 9.98 Å². The minimum absolute atomic E-state index is 0.124. The first-order valence-corrected chi connectivity index (χ1v) is 12.7. The molecule has 0 radical (unpaired) electrons. The van der Waals surface area contributed by atoms with Crippen LogP contribution in [0.4, 0.5) is 11.4 Å². The SMILES string of the molecule is CC(C)(O)[C@@]1(C)Cc2cc(NC(=O)/C(C=N)=C3\N=CC=CN3)c(N3CCN(Cc4c[nH]cn4)CC3)cc2O1. The van der Waals surface area contributed by atoms with Crippen molar-refractivity contribution in [3.05, 3.63) is 59.6 Å². The Kier molecular flexibility index (Phi) is 6.80. The van der Waals surface area contributed by atoms with E-state index < -0.39 is 17.1 Å². The van der Waals surface area contributed by atoms with Gasteiger partial charge in [0.05, 0.1) is 34.6 Å². The van der Waals surface area contributed by atoms with E-state index in [0.717, 1.165) is 55.9 Å². The number of benzene rings is 1. The van der Waals surface area contributed by atoms with E-state index in [1.807, 2.05) is 25.3 Å². The van der Waals surface area contributed by atoms with E-state index in [-0.39, 0.29) is 5.57 Å². The fourth-order valence-electron chi connectivity index (χ4n) is 4.85. The van der Waals surface area contributed by atoms with Crippen LogP contribution in [0.5, 0.6) is 5.75 Å².